The lowest BCUT2D eigenvalue weighted by Crippen LogP contribution is -2.14. The maximum atomic E-state index is 13.0. The van der Waals surface area contributed by atoms with E-state index in [9.17, 15) is 19.1 Å². The van der Waals surface area contributed by atoms with Crippen molar-refractivity contribution in [3.63, 3.8) is 0 Å². The van der Waals surface area contributed by atoms with Gasteiger partial charge in [-0.1, -0.05) is 0 Å². The van der Waals surface area contributed by atoms with Crippen molar-refractivity contribution in [1.29, 1.82) is 0 Å². The minimum absolute atomic E-state index is 0.0152. The van der Waals surface area contributed by atoms with E-state index >= 15 is 0 Å². The average molecular weight is 276 g/mol. The van der Waals surface area contributed by atoms with E-state index in [0.29, 0.717) is 0 Å². The number of aromatic hydroxyl groups is 1. The smallest absolute Gasteiger partial charge is 0.335 e. The second kappa shape index (κ2) is 5.35. The molecule has 1 aromatic heterocycles. The van der Waals surface area contributed by atoms with Crippen molar-refractivity contribution in [3.05, 3.63) is 53.5 Å². The predicted octanol–water partition coefficient (Wildman–Crippen LogP) is 1.88. The number of aromatic carboxylic acids is 1. The molecule has 0 fully saturated rings. The first-order chi connectivity index (χ1) is 9.47. The molecule has 0 spiro atoms. The number of hydrogen-bond acceptors (Lipinski definition) is 4. The number of benzene rings is 1. The molecule has 6 nitrogen and oxygen atoms in total. The second-order valence-electron chi connectivity index (χ2n) is 3.85. The van der Waals surface area contributed by atoms with Gasteiger partial charge in [0.25, 0.3) is 5.91 Å². The number of carbonyl (C=O) groups is 2. The van der Waals surface area contributed by atoms with Crippen LogP contribution in [0.25, 0.3) is 0 Å². The zero-order valence-electron chi connectivity index (χ0n) is 10.0. The van der Waals surface area contributed by atoms with Crippen molar-refractivity contribution in [2.45, 2.75) is 0 Å². The van der Waals surface area contributed by atoms with Gasteiger partial charge in [-0.15, -0.1) is 0 Å². The summed E-state index contributed by atoms with van der Waals surface area (Å²) in [5.74, 6) is -3.05. The van der Waals surface area contributed by atoms with Gasteiger partial charge in [0, 0.05) is 6.20 Å². The number of aromatic nitrogens is 1. The molecule has 0 atom stereocenters. The Morgan fingerprint density at radius 2 is 1.95 bits per heavy atom. The van der Waals surface area contributed by atoms with Crippen LogP contribution in [-0.2, 0) is 0 Å². The van der Waals surface area contributed by atoms with Crippen molar-refractivity contribution in [3.8, 4) is 5.75 Å². The summed E-state index contributed by atoms with van der Waals surface area (Å²) in [6, 6.07) is 5.33. The van der Waals surface area contributed by atoms with Crippen LogP contribution in [0.4, 0.5) is 10.2 Å². The van der Waals surface area contributed by atoms with Gasteiger partial charge in [-0.2, -0.15) is 0 Å². The van der Waals surface area contributed by atoms with Gasteiger partial charge in [0.2, 0.25) is 0 Å². The Morgan fingerprint density at radius 3 is 2.65 bits per heavy atom. The van der Waals surface area contributed by atoms with Crippen molar-refractivity contribution in [1.82, 2.24) is 4.98 Å². The van der Waals surface area contributed by atoms with Crippen LogP contribution in [-0.4, -0.2) is 27.1 Å². The van der Waals surface area contributed by atoms with Gasteiger partial charge in [0.1, 0.15) is 17.4 Å². The quantitative estimate of drug-likeness (QED) is 0.794. The van der Waals surface area contributed by atoms with Crippen LogP contribution in [0.5, 0.6) is 5.75 Å². The lowest BCUT2D eigenvalue weighted by molar-refractivity contribution is 0.0696. The normalized spacial score (nSPS) is 10.1. The Labute approximate surface area is 112 Å². The highest BCUT2D eigenvalue weighted by molar-refractivity contribution is 6.06. The van der Waals surface area contributed by atoms with Gasteiger partial charge in [-0.05, 0) is 30.3 Å². The predicted molar refractivity (Wildman–Crippen MR) is 67.2 cm³/mol. The van der Waals surface area contributed by atoms with Crippen LogP contribution >= 0.6 is 0 Å². The molecule has 102 valence electrons. The zero-order chi connectivity index (χ0) is 14.7. The molecule has 7 heteroatoms. The summed E-state index contributed by atoms with van der Waals surface area (Å²) in [6.07, 6.45) is 1.21. The summed E-state index contributed by atoms with van der Waals surface area (Å²) in [6.45, 7) is 0. The third-order valence-corrected chi connectivity index (χ3v) is 2.45. The number of nitrogens with one attached hydrogen (secondary N) is 1. The number of carboxylic acids is 1. The molecule has 20 heavy (non-hydrogen) atoms. The molecule has 0 saturated carbocycles. The molecule has 0 aliphatic carbocycles. The lowest BCUT2D eigenvalue weighted by Gasteiger charge is -2.06. The van der Waals surface area contributed by atoms with Crippen LogP contribution in [0.2, 0.25) is 0 Å². The summed E-state index contributed by atoms with van der Waals surface area (Å²) >= 11 is 0. The number of hydrogen-bond donors (Lipinski definition) is 3. The van der Waals surface area contributed by atoms with Crippen LogP contribution in [0.3, 0.4) is 0 Å². The molecule has 2 rings (SSSR count). The second-order valence-corrected chi connectivity index (χ2v) is 3.85. The lowest BCUT2D eigenvalue weighted by atomic mass is 10.2. The molecule has 0 aliphatic rings. The number of carboxylic acid groups (broad SMARTS) is 1. The molecular formula is C13H9FN2O4. The molecule has 0 saturated heterocycles. The Kier molecular flexibility index (Phi) is 3.60. The number of amides is 1. The number of carbonyl (C=O) groups excluding carboxylic acids is 1. The molecular weight excluding hydrogens is 267 g/mol. The van der Waals surface area contributed by atoms with Crippen molar-refractivity contribution in [2.75, 3.05) is 5.32 Å². The topological polar surface area (TPSA) is 99.5 Å². The summed E-state index contributed by atoms with van der Waals surface area (Å²) in [7, 11) is 0. The van der Waals surface area contributed by atoms with Crippen LogP contribution in [0.15, 0.2) is 36.5 Å². The van der Waals surface area contributed by atoms with E-state index in [-0.39, 0.29) is 16.9 Å². The monoisotopic (exact) mass is 276 g/mol. The minimum Gasteiger partial charge on any atom is -0.507 e. The van der Waals surface area contributed by atoms with Gasteiger partial charge in [0.15, 0.2) is 0 Å². The third kappa shape index (κ3) is 2.89. The highest BCUT2D eigenvalue weighted by Gasteiger charge is 2.14. The summed E-state index contributed by atoms with van der Waals surface area (Å²) in [4.78, 5) is 26.4. The zero-order valence-corrected chi connectivity index (χ0v) is 10.0. The molecule has 1 amide bonds. The SMILES string of the molecule is O=C(O)c1ccnc(NC(=O)c2cc(F)ccc2O)c1. The van der Waals surface area contributed by atoms with E-state index in [1.54, 1.807) is 0 Å². The summed E-state index contributed by atoms with van der Waals surface area (Å²) in [5, 5.41) is 20.6. The molecule has 2 aromatic rings. The number of phenols is 1. The Balaban J connectivity index is 2.25. The molecule has 0 aliphatic heterocycles. The molecule has 3 N–H and O–H groups in total. The maximum Gasteiger partial charge on any atom is 0.335 e. The van der Waals surface area contributed by atoms with Crippen molar-refractivity contribution < 1.29 is 24.2 Å². The Hall–Kier alpha value is -2.96. The number of phenolic OH excluding ortho intramolecular Hbond substituents is 1. The highest BCUT2D eigenvalue weighted by atomic mass is 19.1. The van der Waals surface area contributed by atoms with E-state index in [1.807, 2.05) is 0 Å². The highest BCUT2D eigenvalue weighted by Crippen LogP contribution is 2.19. The molecule has 0 bridgehead atoms. The Bertz CT molecular complexity index is 688. The van der Waals surface area contributed by atoms with Gasteiger partial charge >= 0.3 is 5.97 Å². The Morgan fingerprint density at radius 1 is 1.20 bits per heavy atom. The summed E-state index contributed by atoms with van der Waals surface area (Å²) < 4.78 is 13.0. The van der Waals surface area contributed by atoms with Crippen LogP contribution in [0.1, 0.15) is 20.7 Å². The van der Waals surface area contributed by atoms with Gasteiger partial charge < -0.3 is 15.5 Å². The van der Waals surface area contributed by atoms with Gasteiger partial charge in [-0.25, -0.2) is 14.2 Å². The molecule has 1 heterocycles. The first-order valence-electron chi connectivity index (χ1n) is 5.46. The van der Waals surface area contributed by atoms with Gasteiger partial charge in [-0.3, -0.25) is 4.79 Å². The number of pyridine rings is 1. The standard InChI is InChI=1S/C13H9FN2O4/c14-8-1-2-10(17)9(6-8)12(18)16-11-5-7(13(19)20)3-4-15-11/h1-6,17H,(H,19,20)(H,15,16,18). The van der Waals surface area contributed by atoms with Gasteiger partial charge in [0.05, 0.1) is 11.1 Å². The van der Waals surface area contributed by atoms with E-state index in [2.05, 4.69) is 10.3 Å². The van der Waals surface area contributed by atoms with E-state index < -0.39 is 23.4 Å². The first-order valence-corrected chi connectivity index (χ1v) is 5.46. The molecule has 1 aromatic carbocycles. The molecule has 0 unspecified atom stereocenters. The average Bonchev–Trinajstić information content (AvgIpc) is 2.41. The van der Waals surface area contributed by atoms with E-state index in [0.717, 1.165) is 24.3 Å². The number of anilines is 1. The first kappa shape index (κ1) is 13.5. The minimum atomic E-state index is -1.17. The van der Waals surface area contributed by atoms with Crippen LogP contribution in [0, 0.1) is 5.82 Å². The summed E-state index contributed by atoms with van der Waals surface area (Å²) in [5.41, 5.74) is -0.328. The molecule has 0 radical (unpaired) electrons. The fraction of sp³-hybridized carbons (Fsp3) is 0. The number of nitrogens with zero attached hydrogens (tertiary/aromatic N) is 1. The fourth-order valence-electron chi connectivity index (χ4n) is 1.51. The van der Waals surface area contributed by atoms with E-state index in [1.165, 1.54) is 12.3 Å². The number of halogens is 1. The maximum absolute atomic E-state index is 13.0. The van der Waals surface area contributed by atoms with Crippen LogP contribution < -0.4 is 5.32 Å². The fourth-order valence-corrected chi connectivity index (χ4v) is 1.51. The third-order valence-electron chi connectivity index (χ3n) is 2.45. The largest absolute Gasteiger partial charge is 0.507 e. The van der Waals surface area contributed by atoms with E-state index in [4.69, 9.17) is 5.11 Å². The van der Waals surface area contributed by atoms with Crippen molar-refractivity contribution >= 4 is 17.7 Å². The van der Waals surface area contributed by atoms with Crippen molar-refractivity contribution in [2.24, 2.45) is 0 Å². The number of rotatable bonds is 3.